The third-order valence-corrected chi connectivity index (χ3v) is 9.49. The molecular formula is C10H16Br2O3Si. The summed E-state index contributed by atoms with van der Waals surface area (Å²) in [5.41, 5.74) is 0. The Balaban J connectivity index is 2.82. The Kier molecular flexibility index (Phi) is 4.10. The molecule has 3 nitrogen and oxygen atoms in total. The standard InChI is InChI=1S/C10H16Br2O3Si/c1-10(2,3)16(4,5)15-9-7(12)6(11)8(13)14-9/h9H,1-5H3. The van der Waals surface area contributed by atoms with Gasteiger partial charge in [-0.15, -0.1) is 0 Å². The van der Waals surface area contributed by atoms with E-state index in [-0.39, 0.29) is 11.0 Å². The molecule has 1 aliphatic rings. The summed E-state index contributed by atoms with van der Waals surface area (Å²) in [5.74, 6) is -0.379. The van der Waals surface area contributed by atoms with Gasteiger partial charge in [-0.05, 0) is 50.0 Å². The Morgan fingerprint density at radius 1 is 1.31 bits per heavy atom. The third kappa shape index (κ3) is 2.78. The molecule has 0 saturated heterocycles. The van der Waals surface area contributed by atoms with E-state index in [1.807, 2.05) is 0 Å². The van der Waals surface area contributed by atoms with Crippen LogP contribution < -0.4 is 0 Å². The molecule has 0 spiro atoms. The minimum Gasteiger partial charge on any atom is -0.428 e. The Hall–Kier alpha value is 0.347. The summed E-state index contributed by atoms with van der Waals surface area (Å²) in [5, 5.41) is 0.0851. The Morgan fingerprint density at radius 2 is 1.81 bits per heavy atom. The molecule has 0 saturated carbocycles. The van der Waals surface area contributed by atoms with Gasteiger partial charge in [-0.1, -0.05) is 20.8 Å². The molecule has 0 aromatic rings. The summed E-state index contributed by atoms with van der Waals surface area (Å²) in [6, 6.07) is 0. The average molecular weight is 372 g/mol. The molecule has 92 valence electrons. The first-order valence-electron chi connectivity index (χ1n) is 5.00. The van der Waals surface area contributed by atoms with E-state index in [9.17, 15) is 4.79 Å². The fraction of sp³-hybridized carbons (Fsp3) is 0.700. The van der Waals surface area contributed by atoms with Crippen molar-refractivity contribution in [2.24, 2.45) is 0 Å². The fourth-order valence-electron chi connectivity index (χ4n) is 0.922. The molecule has 6 heteroatoms. The molecule has 0 radical (unpaired) electrons. The number of carbonyl (C=O) groups is 1. The lowest BCUT2D eigenvalue weighted by Crippen LogP contribution is -2.44. The van der Waals surface area contributed by atoms with Crippen molar-refractivity contribution in [3.8, 4) is 0 Å². The van der Waals surface area contributed by atoms with Crippen molar-refractivity contribution < 1.29 is 14.0 Å². The number of carbonyl (C=O) groups excluding carboxylic acids is 1. The zero-order chi connectivity index (χ0) is 12.7. The van der Waals surface area contributed by atoms with Crippen molar-refractivity contribution in [2.75, 3.05) is 0 Å². The SMILES string of the molecule is CC(C)(C)[Si](C)(C)OC1OC(=O)C(Br)=C1Br. The summed E-state index contributed by atoms with van der Waals surface area (Å²) in [6.07, 6.45) is -0.595. The molecule has 0 bridgehead atoms. The average Bonchev–Trinajstić information content (AvgIpc) is 2.31. The van der Waals surface area contributed by atoms with E-state index in [4.69, 9.17) is 9.16 Å². The Labute approximate surface area is 114 Å². The summed E-state index contributed by atoms with van der Waals surface area (Å²) < 4.78 is 12.2. The topological polar surface area (TPSA) is 35.5 Å². The highest BCUT2D eigenvalue weighted by Crippen LogP contribution is 2.41. The quantitative estimate of drug-likeness (QED) is 0.545. The smallest absolute Gasteiger partial charge is 0.348 e. The highest BCUT2D eigenvalue weighted by Gasteiger charge is 2.43. The monoisotopic (exact) mass is 370 g/mol. The van der Waals surface area contributed by atoms with Gasteiger partial charge in [0, 0.05) is 0 Å². The largest absolute Gasteiger partial charge is 0.428 e. The zero-order valence-corrected chi connectivity index (χ0v) is 14.2. The van der Waals surface area contributed by atoms with Crippen LogP contribution in [0.5, 0.6) is 0 Å². The van der Waals surface area contributed by atoms with E-state index < -0.39 is 14.6 Å². The van der Waals surface area contributed by atoms with Crippen molar-refractivity contribution in [1.82, 2.24) is 0 Å². The van der Waals surface area contributed by atoms with Crippen LogP contribution in [0.1, 0.15) is 20.8 Å². The fourth-order valence-corrected chi connectivity index (χ4v) is 2.78. The molecule has 1 rings (SSSR count). The second kappa shape index (κ2) is 4.55. The maximum Gasteiger partial charge on any atom is 0.348 e. The predicted octanol–water partition coefficient (Wildman–Crippen LogP) is 3.89. The van der Waals surface area contributed by atoms with E-state index in [0.29, 0.717) is 8.96 Å². The molecule has 0 aromatic heterocycles. The molecule has 0 aromatic carbocycles. The molecule has 1 atom stereocenters. The van der Waals surface area contributed by atoms with Gasteiger partial charge in [-0.2, -0.15) is 0 Å². The molecule has 0 aliphatic carbocycles. The highest BCUT2D eigenvalue weighted by molar-refractivity contribution is 9.14. The van der Waals surface area contributed by atoms with Crippen molar-refractivity contribution >= 4 is 46.1 Å². The van der Waals surface area contributed by atoms with Crippen LogP contribution in [-0.4, -0.2) is 20.6 Å². The van der Waals surface area contributed by atoms with Crippen LogP contribution in [0.2, 0.25) is 18.1 Å². The second-order valence-electron chi connectivity index (χ2n) is 5.28. The van der Waals surface area contributed by atoms with E-state index in [1.165, 1.54) is 0 Å². The summed E-state index contributed by atoms with van der Waals surface area (Å²) >= 11 is 6.48. The molecule has 16 heavy (non-hydrogen) atoms. The van der Waals surface area contributed by atoms with Crippen LogP contribution in [0.3, 0.4) is 0 Å². The minimum atomic E-state index is -1.93. The first-order chi connectivity index (χ1) is 7.06. The molecule has 0 N–H and O–H groups in total. The summed E-state index contributed by atoms with van der Waals surface area (Å²) in [4.78, 5) is 11.3. The van der Waals surface area contributed by atoms with E-state index in [1.54, 1.807) is 0 Å². The second-order valence-corrected chi connectivity index (χ2v) is 11.7. The van der Waals surface area contributed by atoms with Crippen molar-refractivity contribution in [3.05, 3.63) is 8.96 Å². The zero-order valence-electron chi connectivity index (χ0n) is 10.1. The Bertz CT molecular complexity index is 344. The predicted molar refractivity (Wildman–Crippen MR) is 73.0 cm³/mol. The summed E-state index contributed by atoms with van der Waals surface area (Å²) in [6.45, 7) is 10.7. The minimum absolute atomic E-state index is 0.0851. The Morgan fingerprint density at radius 3 is 2.12 bits per heavy atom. The molecule has 1 aliphatic heterocycles. The van der Waals surface area contributed by atoms with Crippen molar-refractivity contribution in [1.29, 1.82) is 0 Å². The number of halogens is 2. The van der Waals surface area contributed by atoms with Gasteiger partial charge in [0.25, 0.3) is 0 Å². The maximum absolute atomic E-state index is 11.3. The normalized spacial score (nSPS) is 22.7. The van der Waals surface area contributed by atoms with Gasteiger partial charge in [-0.25, -0.2) is 4.79 Å². The number of esters is 1. The van der Waals surface area contributed by atoms with Gasteiger partial charge < -0.3 is 9.16 Å². The van der Waals surface area contributed by atoms with Crippen LogP contribution in [0, 0.1) is 0 Å². The maximum atomic E-state index is 11.3. The van der Waals surface area contributed by atoms with Gasteiger partial charge in [-0.3, -0.25) is 0 Å². The third-order valence-electron chi connectivity index (χ3n) is 3.02. The van der Waals surface area contributed by atoms with Crippen LogP contribution in [0.25, 0.3) is 0 Å². The van der Waals surface area contributed by atoms with E-state index >= 15 is 0 Å². The van der Waals surface area contributed by atoms with Crippen LogP contribution in [0.4, 0.5) is 0 Å². The molecular weight excluding hydrogens is 356 g/mol. The number of cyclic esters (lactones) is 1. The van der Waals surface area contributed by atoms with Crippen molar-refractivity contribution in [2.45, 2.75) is 45.2 Å². The molecule has 1 unspecified atom stereocenters. The first-order valence-corrected chi connectivity index (χ1v) is 9.49. The highest BCUT2D eigenvalue weighted by atomic mass is 79.9. The first kappa shape index (κ1) is 14.4. The van der Waals surface area contributed by atoms with Crippen molar-refractivity contribution in [3.63, 3.8) is 0 Å². The van der Waals surface area contributed by atoms with Gasteiger partial charge in [0.2, 0.25) is 6.29 Å². The van der Waals surface area contributed by atoms with E-state index in [2.05, 4.69) is 65.7 Å². The van der Waals surface area contributed by atoms with Crippen LogP contribution >= 0.6 is 31.9 Å². The van der Waals surface area contributed by atoms with Crippen LogP contribution in [0.15, 0.2) is 8.96 Å². The molecule has 0 fully saturated rings. The number of hydrogen-bond donors (Lipinski definition) is 0. The number of hydrogen-bond acceptors (Lipinski definition) is 3. The lowest BCUT2D eigenvalue weighted by atomic mass is 10.2. The lowest BCUT2D eigenvalue weighted by molar-refractivity contribution is -0.149. The van der Waals surface area contributed by atoms with Crippen LogP contribution in [-0.2, 0) is 14.0 Å². The number of ether oxygens (including phenoxy) is 1. The molecule has 0 amide bonds. The number of rotatable bonds is 2. The van der Waals surface area contributed by atoms with Gasteiger partial charge in [0.15, 0.2) is 8.32 Å². The lowest BCUT2D eigenvalue weighted by Gasteiger charge is -2.37. The van der Waals surface area contributed by atoms with Gasteiger partial charge >= 0.3 is 5.97 Å². The van der Waals surface area contributed by atoms with Gasteiger partial charge in [0.05, 0.1) is 4.48 Å². The molecule has 1 heterocycles. The van der Waals surface area contributed by atoms with E-state index in [0.717, 1.165) is 0 Å². The van der Waals surface area contributed by atoms with Gasteiger partial charge in [0.1, 0.15) is 4.48 Å². The summed E-state index contributed by atoms with van der Waals surface area (Å²) in [7, 11) is -1.93.